The Morgan fingerprint density at radius 2 is 2.05 bits per heavy atom. The Hall–Kier alpha value is -1.94. The van der Waals surface area contributed by atoms with E-state index in [1.54, 1.807) is 0 Å². The van der Waals surface area contributed by atoms with Crippen LogP contribution in [-0.2, 0) is 13.0 Å². The minimum atomic E-state index is 0.830. The Labute approximate surface area is 119 Å². The first-order chi connectivity index (χ1) is 9.70. The molecule has 1 aliphatic rings. The van der Waals surface area contributed by atoms with E-state index in [9.17, 15) is 0 Å². The minimum Gasteiger partial charge on any atom is -0.373 e. The molecule has 20 heavy (non-hydrogen) atoms. The summed E-state index contributed by atoms with van der Waals surface area (Å²) in [5.41, 5.74) is 6.02. The van der Waals surface area contributed by atoms with E-state index in [4.69, 9.17) is 9.97 Å². The SMILES string of the molecule is CNc1nc(-c2cccc(C)c2C)nc2c1CNCC2. The Bertz CT molecular complexity index is 632. The largest absolute Gasteiger partial charge is 0.373 e. The van der Waals surface area contributed by atoms with E-state index in [2.05, 4.69) is 42.7 Å². The molecule has 0 spiro atoms. The van der Waals surface area contributed by atoms with Crippen LogP contribution in [-0.4, -0.2) is 23.6 Å². The van der Waals surface area contributed by atoms with Gasteiger partial charge >= 0.3 is 0 Å². The summed E-state index contributed by atoms with van der Waals surface area (Å²) in [5, 5.41) is 6.58. The molecular formula is C16H20N4. The number of nitrogens with zero attached hydrogens (tertiary/aromatic N) is 2. The number of rotatable bonds is 2. The standard InChI is InChI=1S/C16H20N4/c1-10-5-4-6-12(11(10)2)16-19-14-7-8-18-9-13(14)15(17-3)20-16/h4-6,18H,7-9H2,1-3H3,(H,17,19,20). The van der Waals surface area contributed by atoms with Gasteiger partial charge in [-0.3, -0.25) is 0 Å². The van der Waals surface area contributed by atoms with Gasteiger partial charge in [-0.25, -0.2) is 9.97 Å². The highest BCUT2D eigenvalue weighted by Crippen LogP contribution is 2.27. The first-order valence-corrected chi connectivity index (χ1v) is 7.05. The number of nitrogens with one attached hydrogen (secondary N) is 2. The van der Waals surface area contributed by atoms with Crippen LogP contribution in [0.25, 0.3) is 11.4 Å². The lowest BCUT2D eigenvalue weighted by atomic mass is 10.0. The fourth-order valence-corrected chi connectivity index (χ4v) is 2.66. The van der Waals surface area contributed by atoms with Crippen LogP contribution in [0.15, 0.2) is 18.2 Å². The summed E-state index contributed by atoms with van der Waals surface area (Å²) in [6.45, 7) is 6.09. The molecular weight excluding hydrogens is 248 g/mol. The maximum atomic E-state index is 4.80. The Kier molecular flexibility index (Phi) is 3.40. The zero-order valence-corrected chi connectivity index (χ0v) is 12.2. The van der Waals surface area contributed by atoms with E-state index in [-0.39, 0.29) is 0 Å². The normalized spacial score (nSPS) is 13.9. The third-order valence-electron chi connectivity index (χ3n) is 4.02. The lowest BCUT2D eigenvalue weighted by Gasteiger charge is -2.20. The van der Waals surface area contributed by atoms with Gasteiger partial charge in [-0.15, -0.1) is 0 Å². The van der Waals surface area contributed by atoms with Crippen molar-refractivity contribution in [3.05, 3.63) is 40.6 Å². The Balaban J connectivity index is 2.17. The first-order valence-electron chi connectivity index (χ1n) is 7.05. The van der Waals surface area contributed by atoms with Crippen LogP contribution >= 0.6 is 0 Å². The fraction of sp³-hybridized carbons (Fsp3) is 0.375. The van der Waals surface area contributed by atoms with E-state index >= 15 is 0 Å². The molecule has 1 aliphatic heterocycles. The molecule has 1 aromatic heterocycles. The van der Waals surface area contributed by atoms with E-state index in [1.807, 2.05) is 7.05 Å². The van der Waals surface area contributed by atoms with Crippen molar-refractivity contribution in [1.29, 1.82) is 0 Å². The summed E-state index contributed by atoms with van der Waals surface area (Å²) < 4.78 is 0. The van der Waals surface area contributed by atoms with Gasteiger partial charge in [0.25, 0.3) is 0 Å². The fourth-order valence-electron chi connectivity index (χ4n) is 2.66. The van der Waals surface area contributed by atoms with Crippen LogP contribution in [0, 0.1) is 13.8 Å². The number of benzene rings is 1. The van der Waals surface area contributed by atoms with Crippen molar-refractivity contribution < 1.29 is 0 Å². The van der Waals surface area contributed by atoms with Crippen LogP contribution in [0.1, 0.15) is 22.4 Å². The molecule has 0 radical (unpaired) electrons. The summed E-state index contributed by atoms with van der Waals surface area (Å²) in [6, 6.07) is 6.30. The molecule has 2 N–H and O–H groups in total. The van der Waals surface area contributed by atoms with Crippen molar-refractivity contribution in [2.45, 2.75) is 26.8 Å². The summed E-state index contributed by atoms with van der Waals surface area (Å²) in [5.74, 6) is 1.77. The van der Waals surface area contributed by atoms with Crippen LogP contribution in [0.3, 0.4) is 0 Å². The van der Waals surface area contributed by atoms with Crippen molar-refractivity contribution in [2.24, 2.45) is 0 Å². The minimum absolute atomic E-state index is 0.830. The summed E-state index contributed by atoms with van der Waals surface area (Å²) in [6.07, 6.45) is 0.963. The third kappa shape index (κ3) is 2.16. The van der Waals surface area contributed by atoms with Crippen LogP contribution in [0.4, 0.5) is 5.82 Å². The monoisotopic (exact) mass is 268 g/mol. The highest BCUT2D eigenvalue weighted by atomic mass is 15.0. The number of aromatic nitrogens is 2. The molecule has 4 heteroatoms. The molecule has 2 aromatic rings. The average Bonchev–Trinajstić information content (AvgIpc) is 2.49. The Morgan fingerprint density at radius 3 is 2.85 bits per heavy atom. The summed E-state index contributed by atoms with van der Waals surface area (Å²) in [7, 11) is 1.92. The molecule has 0 saturated carbocycles. The number of hydrogen-bond acceptors (Lipinski definition) is 4. The average molecular weight is 268 g/mol. The lowest BCUT2D eigenvalue weighted by Crippen LogP contribution is -2.26. The second-order valence-corrected chi connectivity index (χ2v) is 5.25. The van der Waals surface area contributed by atoms with Crippen molar-refractivity contribution in [2.75, 3.05) is 18.9 Å². The molecule has 0 amide bonds. The van der Waals surface area contributed by atoms with Gasteiger partial charge < -0.3 is 10.6 Å². The zero-order chi connectivity index (χ0) is 14.1. The van der Waals surface area contributed by atoms with Crippen molar-refractivity contribution >= 4 is 5.82 Å². The Morgan fingerprint density at radius 1 is 1.20 bits per heavy atom. The number of hydrogen-bond donors (Lipinski definition) is 2. The molecule has 0 atom stereocenters. The van der Waals surface area contributed by atoms with E-state index < -0.39 is 0 Å². The summed E-state index contributed by atoms with van der Waals surface area (Å²) >= 11 is 0. The first kappa shape index (κ1) is 13.1. The molecule has 0 aliphatic carbocycles. The van der Waals surface area contributed by atoms with Crippen molar-refractivity contribution in [3.63, 3.8) is 0 Å². The second-order valence-electron chi connectivity index (χ2n) is 5.25. The molecule has 3 rings (SSSR count). The topological polar surface area (TPSA) is 49.8 Å². The van der Waals surface area contributed by atoms with Crippen molar-refractivity contribution in [1.82, 2.24) is 15.3 Å². The molecule has 0 bridgehead atoms. The lowest BCUT2D eigenvalue weighted by molar-refractivity contribution is 0.628. The second kappa shape index (κ2) is 5.21. The predicted octanol–water partition coefficient (Wildman–Crippen LogP) is 2.45. The maximum Gasteiger partial charge on any atom is 0.162 e. The van der Waals surface area contributed by atoms with E-state index in [0.29, 0.717) is 0 Å². The van der Waals surface area contributed by atoms with Crippen LogP contribution in [0.5, 0.6) is 0 Å². The number of fused-ring (bicyclic) bond motifs is 1. The van der Waals surface area contributed by atoms with Gasteiger partial charge in [-0.05, 0) is 25.0 Å². The van der Waals surface area contributed by atoms with Crippen LogP contribution in [0.2, 0.25) is 0 Å². The predicted molar refractivity (Wildman–Crippen MR) is 81.9 cm³/mol. The highest BCUT2D eigenvalue weighted by Gasteiger charge is 2.18. The van der Waals surface area contributed by atoms with Gasteiger partial charge in [0.2, 0.25) is 0 Å². The van der Waals surface area contributed by atoms with Gasteiger partial charge in [-0.1, -0.05) is 18.2 Å². The molecule has 1 aromatic carbocycles. The van der Waals surface area contributed by atoms with Gasteiger partial charge in [0, 0.05) is 37.7 Å². The number of aryl methyl sites for hydroxylation is 1. The van der Waals surface area contributed by atoms with Gasteiger partial charge in [0.05, 0.1) is 5.69 Å². The van der Waals surface area contributed by atoms with Gasteiger partial charge in [0.1, 0.15) is 5.82 Å². The van der Waals surface area contributed by atoms with Gasteiger partial charge in [-0.2, -0.15) is 0 Å². The molecule has 2 heterocycles. The molecule has 0 unspecified atom stereocenters. The molecule has 104 valence electrons. The van der Waals surface area contributed by atoms with E-state index in [1.165, 1.54) is 22.4 Å². The zero-order valence-electron chi connectivity index (χ0n) is 12.2. The molecule has 4 nitrogen and oxygen atoms in total. The molecule has 0 saturated heterocycles. The smallest absolute Gasteiger partial charge is 0.162 e. The van der Waals surface area contributed by atoms with Crippen molar-refractivity contribution in [3.8, 4) is 11.4 Å². The number of anilines is 1. The third-order valence-corrected chi connectivity index (χ3v) is 4.02. The van der Waals surface area contributed by atoms with Gasteiger partial charge in [0.15, 0.2) is 5.82 Å². The molecule has 0 fully saturated rings. The highest BCUT2D eigenvalue weighted by molar-refractivity contribution is 5.64. The maximum absolute atomic E-state index is 4.80. The van der Waals surface area contributed by atoms with Crippen LogP contribution < -0.4 is 10.6 Å². The van der Waals surface area contributed by atoms with E-state index in [0.717, 1.165) is 36.7 Å². The summed E-state index contributed by atoms with van der Waals surface area (Å²) in [4.78, 5) is 9.52. The quantitative estimate of drug-likeness (QED) is 0.878.